The number of nitrogens with one attached hydrogen (secondary N) is 2. The summed E-state index contributed by atoms with van der Waals surface area (Å²) in [4.78, 5) is 12.8. The van der Waals surface area contributed by atoms with Gasteiger partial charge in [-0.05, 0) is 54.4 Å². The quantitative estimate of drug-likeness (QED) is 0.554. The Labute approximate surface area is 175 Å². The summed E-state index contributed by atoms with van der Waals surface area (Å²) in [6, 6.07) is 21.8. The summed E-state index contributed by atoms with van der Waals surface area (Å²) in [6.07, 6.45) is 0.735. The minimum absolute atomic E-state index is 0.0897. The van der Waals surface area contributed by atoms with Crippen LogP contribution in [0.2, 0.25) is 5.02 Å². The molecule has 0 heterocycles. The zero-order valence-electron chi connectivity index (χ0n) is 15.8. The standard InChI is InChI=1S/C22H21ClN2O3S/c1-2-21(16-7-4-3-5-8-16)24-22(26)17-9-6-10-19(15-17)25-29(27,28)20-13-11-18(23)12-14-20/h3-15,21,25H,2H2,1H3,(H,24,26)/t21-/m1/s1. The zero-order chi connectivity index (χ0) is 20.9. The van der Waals surface area contributed by atoms with Crippen molar-refractivity contribution >= 4 is 33.2 Å². The van der Waals surface area contributed by atoms with Gasteiger partial charge in [-0.15, -0.1) is 0 Å². The Kier molecular flexibility index (Phi) is 6.56. The van der Waals surface area contributed by atoms with Gasteiger partial charge in [0.05, 0.1) is 10.9 Å². The van der Waals surface area contributed by atoms with Crippen LogP contribution in [0.25, 0.3) is 0 Å². The molecule has 0 saturated carbocycles. The molecular weight excluding hydrogens is 408 g/mol. The number of hydrogen-bond donors (Lipinski definition) is 2. The molecule has 0 spiro atoms. The molecule has 3 rings (SSSR count). The summed E-state index contributed by atoms with van der Waals surface area (Å²) in [5, 5.41) is 3.45. The Hall–Kier alpha value is -2.83. The van der Waals surface area contributed by atoms with Crippen LogP contribution < -0.4 is 10.0 Å². The fraction of sp³-hybridized carbons (Fsp3) is 0.136. The number of carbonyl (C=O) groups is 1. The van der Waals surface area contributed by atoms with Crippen molar-refractivity contribution in [2.75, 3.05) is 4.72 Å². The van der Waals surface area contributed by atoms with Gasteiger partial charge in [0, 0.05) is 16.3 Å². The van der Waals surface area contributed by atoms with Gasteiger partial charge in [0.25, 0.3) is 15.9 Å². The Morgan fingerprint density at radius 1 is 0.966 bits per heavy atom. The fourth-order valence-corrected chi connectivity index (χ4v) is 4.08. The monoisotopic (exact) mass is 428 g/mol. The molecule has 5 nitrogen and oxygen atoms in total. The fourth-order valence-electron chi connectivity index (χ4n) is 2.90. The van der Waals surface area contributed by atoms with E-state index in [2.05, 4.69) is 10.0 Å². The van der Waals surface area contributed by atoms with Crippen LogP contribution in [-0.2, 0) is 10.0 Å². The molecule has 2 N–H and O–H groups in total. The minimum Gasteiger partial charge on any atom is -0.345 e. The molecule has 7 heteroatoms. The van der Waals surface area contributed by atoms with Crippen LogP contribution in [0, 0.1) is 0 Å². The Morgan fingerprint density at radius 3 is 2.31 bits per heavy atom. The lowest BCUT2D eigenvalue weighted by atomic mass is 10.0. The van der Waals surface area contributed by atoms with Crippen molar-refractivity contribution in [3.05, 3.63) is 95.0 Å². The van der Waals surface area contributed by atoms with E-state index in [1.165, 1.54) is 30.3 Å². The molecule has 0 unspecified atom stereocenters. The van der Waals surface area contributed by atoms with Gasteiger partial charge in [0.2, 0.25) is 0 Å². The number of amides is 1. The van der Waals surface area contributed by atoms with Crippen molar-refractivity contribution in [3.63, 3.8) is 0 Å². The lowest BCUT2D eigenvalue weighted by molar-refractivity contribution is 0.0935. The summed E-state index contributed by atoms with van der Waals surface area (Å²) >= 11 is 5.82. The second kappa shape index (κ2) is 9.11. The number of carbonyl (C=O) groups excluding carboxylic acids is 1. The third-order valence-electron chi connectivity index (χ3n) is 4.42. The van der Waals surface area contributed by atoms with Crippen molar-refractivity contribution in [1.82, 2.24) is 5.32 Å². The summed E-state index contributed by atoms with van der Waals surface area (Å²) in [7, 11) is -3.78. The highest BCUT2D eigenvalue weighted by molar-refractivity contribution is 7.92. The van der Waals surface area contributed by atoms with Crippen molar-refractivity contribution in [2.24, 2.45) is 0 Å². The molecule has 3 aromatic rings. The highest BCUT2D eigenvalue weighted by Crippen LogP contribution is 2.21. The van der Waals surface area contributed by atoms with E-state index in [0.717, 1.165) is 12.0 Å². The van der Waals surface area contributed by atoms with Crippen LogP contribution in [0.15, 0.2) is 83.8 Å². The molecule has 3 aromatic carbocycles. The number of anilines is 1. The van der Waals surface area contributed by atoms with Crippen LogP contribution >= 0.6 is 11.6 Å². The van der Waals surface area contributed by atoms with Crippen molar-refractivity contribution in [3.8, 4) is 0 Å². The van der Waals surface area contributed by atoms with Crippen LogP contribution in [-0.4, -0.2) is 14.3 Å². The van der Waals surface area contributed by atoms with Crippen molar-refractivity contribution in [1.29, 1.82) is 0 Å². The smallest absolute Gasteiger partial charge is 0.261 e. The molecule has 0 radical (unpaired) electrons. The lowest BCUT2D eigenvalue weighted by Crippen LogP contribution is -2.28. The van der Waals surface area contributed by atoms with E-state index in [9.17, 15) is 13.2 Å². The van der Waals surface area contributed by atoms with E-state index in [0.29, 0.717) is 16.3 Å². The number of halogens is 1. The summed E-state index contributed by atoms with van der Waals surface area (Å²) in [6.45, 7) is 1.99. The maximum Gasteiger partial charge on any atom is 0.261 e. The highest BCUT2D eigenvalue weighted by atomic mass is 35.5. The predicted octanol–water partition coefficient (Wildman–Crippen LogP) is 5.02. The van der Waals surface area contributed by atoms with Crippen LogP contribution in [0.1, 0.15) is 35.3 Å². The summed E-state index contributed by atoms with van der Waals surface area (Å²) in [5.74, 6) is -0.270. The first-order chi connectivity index (χ1) is 13.9. The van der Waals surface area contributed by atoms with Crippen molar-refractivity contribution < 1.29 is 13.2 Å². The molecule has 0 aliphatic rings. The van der Waals surface area contributed by atoms with Gasteiger partial charge in [-0.2, -0.15) is 0 Å². The molecule has 0 fully saturated rings. The normalized spacial score (nSPS) is 12.2. The van der Waals surface area contributed by atoms with Gasteiger partial charge in [-0.3, -0.25) is 9.52 Å². The first-order valence-corrected chi connectivity index (χ1v) is 11.0. The largest absolute Gasteiger partial charge is 0.345 e. The van der Waals surface area contributed by atoms with Gasteiger partial charge in [0.15, 0.2) is 0 Å². The summed E-state index contributed by atoms with van der Waals surface area (Å²) < 4.78 is 27.6. The topological polar surface area (TPSA) is 75.3 Å². The van der Waals surface area contributed by atoms with Crippen LogP contribution in [0.5, 0.6) is 0 Å². The van der Waals surface area contributed by atoms with E-state index < -0.39 is 10.0 Å². The molecule has 1 amide bonds. The molecule has 1 atom stereocenters. The maximum atomic E-state index is 12.7. The molecule has 150 valence electrons. The molecule has 0 aliphatic heterocycles. The predicted molar refractivity (Wildman–Crippen MR) is 116 cm³/mol. The zero-order valence-corrected chi connectivity index (χ0v) is 17.4. The Balaban J connectivity index is 1.76. The van der Waals surface area contributed by atoms with Gasteiger partial charge in [0.1, 0.15) is 0 Å². The number of hydrogen-bond acceptors (Lipinski definition) is 3. The van der Waals surface area contributed by atoms with Crippen LogP contribution in [0.3, 0.4) is 0 Å². The third-order valence-corrected chi connectivity index (χ3v) is 6.07. The molecule has 0 aromatic heterocycles. The molecule has 0 aliphatic carbocycles. The van der Waals surface area contributed by atoms with E-state index in [-0.39, 0.29) is 16.8 Å². The number of rotatable bonds is 7. The molecule has 0 bridgehead atoms. The second-order valence-electron chi connectivity index (χ2n) is 6.49. The van der Waals surface area contributed by atoms with Gasteiger partial charge >= 0.3 is 0 Å². The average Bonchev–Trinajstić information content (AvgIpc) is 2.72. The second-order valence-corrected chi connectivity index (χ2v) is 8.60. The minimum atomic E-state index is -3.78. The average molecular weight is 429 g/mol. The van der Waals surface area contributed by atoms with Crippen molar-refractivity contribution in [2.45, 2.75) is 24.3 Å². The van der Waals surface area contributed by atoms with E-state index in [4.69, 9.17) is 11.6 Å². The first kappa shape index (κ1) is 20.9. The number of benzene rings is 3. The van der Waals surface area contributed by atoms with Crippen LogP contribution in [0.4, 0.5) is 5.69 Å². The Bertz CT molecular complexity index is 1080. The van der Waals surface area contributed by atoms with E-state index in [1.807, 2.05) is 37.3 Å². The van der Waals surface area contributed by atoms with Gasteiger partial charge in [-0.1, -0.05) is 54.9 Å². The number of sulfonamides is 1. The first-order valence-electron chi connectivity index (χ1n) is 9.13. The molecule has 29 heavy (non-hydrogen) atoms. The molecular formula is C22H21ClN2O3S. The Morgan fingerprint density at radius 2 is 1.66 bits per heavy atom. The summed E-state index contributed by atoms with van der Waals surface area (Å²) in [5.41, 5.74) is 1.69. The lowest BCUT2D eigenvalue weighted by Gasteiger charge is -2.18. The molecule has 0 saturated heterocycles. The SMILES string of the molecule is CC[C@@H](NC(=O)c1cccc(NS(=O)(=O)c2ccc(Cl)cc2)c1)c1ccccc1. The van der Waals surface area contributed by atoms with E-state index >= 15 is 0 Å². The van der Waals surface area contributed by atoms with Gasteiger partial charge in [-0.25, -0.2) is 8.42 Å². The van der Waals surface area contributed by atoms with Gasteiger partial charge < -0.3 is 5.32 Å². The highest BCUT2D eigenvalue weighted by Gasteiger charge is 2.17. The van der Waals surface area contributed by atoms with E-state index in [1.54, 1.807) is 18.2 Å². The maximum absolute atomic E-state index is 12.7. The third kappa shape index (κ3) is 5.37.